The second-order valence-electron chi connectivity index (χ2n) is 8.26. The van der Waals surface area contributed by atoms with Crippen molar-refractivity contribution in [1.82, 2.24) is 9.99 Å². The molecule has 0 bridgehead atoms. The first-order valence-electron chi connectivity index (χ1n) is 11.2. The van der Waals surface area contributed by atoms with Gasteiger partial charge in [0.2, 0.25) is 0 Å². The molecule has 9 heteroatoms. The molecule has 0 aliphatic carbocycles. The number of hydrogen-bond acceptors (Lipinski definition) is 4. The van der Waals surface area contributed by atoms with Gasteiger partial charge in [-0.25, -0.2) is 4.68 Å². The molecule has 1 aromatic heterocycles. The summed E-state index contributed by atoms with van der Waals surface area (Å²) >= 11 is 3.43. The predicted octanol–water partition coefficient (Wildman–Crippen LogP) is 4.67. The number of amides is 3. The molecule has 8 nitrogen and oxygen atoms in total. The molecule has 0 fully saturated rings. The van der Waals surface area contributed by atoms with Gasteiger partial charge in [-0.05, 0) is 66.9 Å². The molecule has 36 heavy (non-hydrogen) atoms. The molecule has 0 radical (unpaired) electrons. The van der Waals surface area contributed by atoms with Crippen molar-refractivity contribution < 1.29 is 19.1 Å². The van der Waals surface area contributed by atoms with Crippen LogP contribution < -0.4 is 20.8 Å². The summed E-state index contributed by atoms with van der Waals surface area (Å²) in [4.78, 5) is 38.6. The minimum absolute atomic E-state index is 0.162. The molecular weight excluding hydrogens is 524 g/mol. The van der Waals surface area contributed by atoms with Crippen molar-refractivity contribution in [2.24, 2.45) is 0 Å². The van der Waals surface area contributed by atoms with Crippen molar-refractivity contribution in [3.63, 3.8) is 0 Å². The summed E-state index contributed by atoms with van der Waals surface area (Å²) < 4.78 is 7.28. The van der Waals surface area contributed by atoms with Crippen LogP contribution >= 0.6 is 15.9 Å². The first-order valence-corrected chi connectivity index (χ1v) is 12.0. The number of nitrogens with one attached hydrogen (secondary N) is 3. The fraction of sp³-hybridized carbons (Fsp3) is 0.148. The largest absolute Gasteiger partial charge is 0.497 e. The number of nitrogens with zero attached hydrogens (tertiary/aromatic N) is 1. The molecule has 0 unspecified atom stereocenters. The number of methoxy groups -OCH3 is 1. The van der Waals surface area contributed by atoms with E-state index in [4.69, 9.17) is 4.74 Å². The number of anilines is 1. The quantitative estimate of drug-likeness (QED) is 0.305. The second kappa shape index (κ2) is 10.7. The van der Waals surface area contributed by atoms with Crippen LogP contribution in [0, 0.1) is 13.8 Å². The van der Waals surface area contributed by atoms with Crippen LogP contribution in [0.25, 0.3) is 10.9 Å². The van der Waals surface area contributed by atoms with Gasteiger partial charge in [0.25, 0.3) is 5.91 Å². The molecule has 184 valence electrons. The second-order valence-corrected chi connectivity index (χ2v) is 9.18. The summed E-state index contributed by atoms with van der Waals surface area (Å²) in [6, 6.07) is 19.9. The highest BCUT2D eigenvalue weighted by Crippen LogP contribution is 2.25. The van der Waals surface area contributed by atoms with Gasteiger partial charge in [-0.1, -0.05) is 46.3 Å². The fourth-order valence-electron chi connectivity index (χ4n) is 3.82. The highest BCUT2D eigenvalue weighted by Gasteiger charge is 2.21. The summed E-state index contributed by atoms with van der Waals surface area (Å²) in [5, 5.41) is 6.25. The number of fused-ring (bicyclic) bond motifs is 1. The zero-order valence-electron chi connectivity index (χ0n) is 20.0. The standard InChI is InChI=1S/C27H25BrN4O4/c1-16-5-4-6-17(2)24(16)30-25(33)23-14-19-13-20(28)9-12-22(19)32(23)31-27(35)26(34)29-15-18-7-10-21(36-3)11-8-18/h4-14H,15H2,1-3H3,(H,29,34)(H,30,33)(H,31,35). The average Bonchev–Trinajstić information content (AvgIpc) is 3.22. The Labute approximate surface area is 216 Å². The number of aromatic nitrogens is 1. The number of hydrogen-bond donors (Lipinski definition) is 3. The summed E-state index contributed by atoms with van der Waals surface area (Å²) in [6.45, 7) is 3.98. The Bertz CT molecular complexity index is 1440. The molecule has 0 saturated heterocycles. The summed E-state index contributed by atoms with van der Waals surface area (Å²) in [7, 11) is 1.57. The third-order valence-corrected chi connectivity index (χ3v) is 6.24. The zero-order chi connectivity index (χ0) is 25.8. The Hall–Kier alpha value is -4.11. The Morgan fingerprint density at radius 2 is 1.61 bits per heavy atom. The van der Waals surface area contributed by atoms with Gasteiger partial charge in [0.1, 0.15) is 11.4 Å². The van der Waals surface area contributed by atoms with Crippen LogP contribution in [0.5, 0.6) is 5.75 Å². The van der Waals surface area contributed by atoms with Crippen molar-refractivity contribution in [2.45, 2.75) is 20.4 Å². The van der Waals surface area contributed by atoms with Crippen molar-refractivity contribution in [1.29, 1.82) is 0 Å². The summed E-state index contributed by atoms with van der Waals surface area (Å²) in [5.41, 5.74) is 6.66. The van der Waals surface area contributed by atoms with E-state index in [9.17, 15) is 14.4 Å². The van der Waals surface area contributed by atoms with Crippen LogP contribution in [-0.2, 0) is 16.1 Å². The topological polar surface area (TPSA) is 101 Å². The van der Waals surface area contributed by atoms with E-state index in [1.54, 1.807) is 49.6 Å². The molecule has 1 heterocycles. The maximum absolute atomic E-state index is 13.3. The molecule has 3 aromatic carbocycles. The summed E-state index contributed by atoms with van der Waals surface area (Å²) in [6.07, 6.45) is 0. The minimum atomic E-state index is -0.898. The monoisotopic (exact) mass is 548 g/mol. The normalized spacial score (nSPS) is 10.7. The number of benzene rings is 3. The third kappa shape index (κ3) is 5.41. The molecule has 0 spiro atoms. The van der Waals surface area contributed by atoms with E-state index in [2.05, 4.69) is 32.0 Å². The van der Waals surface area contributed by atoms with E-state index in [1.165, 1.54) is 4.68 Å². The number of carbonyl (C=O) groups is 3. The van der Waals surface area contributed by atoms with Gasteiger partial charge in [0.15, 0.2) is 0 Å². The van der Waals surface area contributed by atoms with Crippen molar-refractivity contribution in [3.8, 4) is 5.75 Å². The average molecular weight is 549 g/mol. The lowest BCUT2D eigenvalue weighted by Gasteiger charge is -2.14. The maximum atomic E-state index is 13.3. The van der Waals surface area contributed by atoms with E-state index in [1.807, 2.05) is 38.1 Å². The number of rotatable bonds is 6. The lowest BCUT2D eigenvalue weighted by Crippen LogP contribution is -2.39. The van der Waals surface area contributed by atoms with Crippen LogP contribution in [0.2, 0.25) is 0 Å². The first kappa shape index (κ1) is 25.0. The highest BCUT2D eigenvalue weighted by molar-refractivity contribution is 9.10. The molecule has 3 N–H and O–H groups in total. The summed E-state index contributed by atoms with van der Waals surface area (Å²) in [5.74, 6) is -1.45. The predicted molar refractivity (Wildman–Crippen MR) is 143 cm³/mol. The number of halogens is 1. The van der Waals surface area contributed by atoms with Crippen LogP contribution in [0.15, 0.2) is 71.2 Å². The van der Waals surface area contributed by atoms with Gasteiger partial charge in [0.05, 0.1) is 12.6 Å². The Morgan fingerprint density at radius 1 is 0.917 bits per heavy atom. The van der Waals surface area contributed by atoms with Gasteiger partial charge < -0.3 is 15.4 Å². The van der Waals surface area contributed by atoms with E-state index >= 15 is 0 Å². The van der Waals surface area contributed by atoms with Crippen LogP contribution in [0.4, 0.5) is 5.69 Å². The van der Waals surface area contributed by atoms with Gasteiger partial charge in [0, 0.05) is 22.1 Å². The Morgan fingerprint density at radius 3 is 2.28 bits per heavy atom. The number of carbonyl (C=O) groups excluding carboxylic acids is 3. The van der Waals surface area contributed by atoms with Crippen molar-refractivity contribution in [2.75, 3.05) is 17.9 Å². The maximum Gasteiger partial charge on any atom is 0.328 e. The molecule has 0 atom stereocenters. The molecule has 0 aliphatic heterocycles. The molecule has 4 rings (SSSR count). The van der Waals surface area contributed by atoms with Crippen molar-refractivity contribution in [3.05, 3.63) is 93.6 Å². The van der Waals surface area contributed by atoms with Gasteiger partial charge >= 0.3 is 11.8 Å². The lowest BCUT2D eigenvalue weighted by molar-refractivity contribution is -0.136. The number of ether oxygens (including phenoxy) is 1. The first-order chi connectivity index (χ1) is 17.3. The smallest absolute Gasteiger partial charge is 0.328 e. The van der Waals surface area contributed by atoms with Gasteiger partial charge in [-0.2, -0.15) is 0 Å². The SMILES string of the molecule is COc1ccc(CNC(=O)C(=O)Nn2c(C(=O)Nc3c(C)cccc3C)cc3cc(Br)ccc32)cc1. The molecule has 3 amide bonds. The van der Waals surface area contributed by atoms with Crippen LogP contribution in [-0.4, -0.2) is 29.5 Å². The van der Waals surface area contributed by atoms with Crippen LogP contribution in [0.3, 0.4) is 0 Å². The third-order valence-electron chi connectivity index (χ3n) is 5.75. The lowest BCUT2D eigenvalue weighted by atomic mass is 10.1. The van der Waals surface area contributed by atoms with E-state index in [0.717, 1.165) is 26.5 Å². The highest BCUT2D eigenvalue weighted by atomic mass is 79.9. The minimum Gasteiger partial charge on any atom is -0.497 e. The van der Waals surface area contributed by atoms with E-state index in [-0.39, 0.29) is 12.2 Å². The molecule has 0 aliphatic rings. The Balaban J connectivity index is 1.56. The zero-order valence-corrected chi connectivity index (χ0v) is 21.6. The molecule has 4 aromatic rings. The number of para-hydroxylation sites is 1. The van der Waals surface area contributed by atoms with Gasteiger partial charge in [-0.3, -0.25) is 19.8 Å². The van der Waals surface area contributed by atoms with E-state index in [0.29, 0.717) is 17.0 Å². The van der Waals surface area contributed by atoms with Gasteiger partial charge in [-0.15, -0.1) is 0 Å². The molecular formula is C27H25BrN4O4. The van der Waals surface area contributed by atoms with E-state index < -0.39 is 17.7 Å². The number of aryl methyl sites for hydroxylation is 2. The molecule has 0 saturated carbocycles. The fourth-order valence-corrected chi connectivity index (χ4v) is 4.20. The van der Waals surface area contributed by atoms with Crippen molar-refractivity contribution >= 4 is 50.2 Å². The van der Waals surface area contributed by atoms with Crippen LogP contribution in [0.1, 0.15) is 27.2 Å². The Kier molecular flexibility index (Phi) is 7.40.